The largest absolute Gasteiger partial charge is 0.256 e. The Morgan fingerprint density at radius 1 is 0.903 bits per heavy atom. The van der Waals surface area contributed by atoms with Crippen molar-refractivity contribution in [2.24, 2.45) is 0 Å². The molecule has 0 saturated heterocycles. The first-order valence-electron chi connectivity index (χ1n) is 10.5. The van der Waals surface area contributed by atoms with Crippen molar-refractivity contribution >= 4 is 26.8 Å². The van der Waals surface area contributed by atoms with Gasteiger partial charge in [-0.3, -0.25) is 9.67 Å². The van der Waals surface area contributed by atoms with Crippen LogP contribution in [0.15, 0.2) is 89.4 Å². The van der Waals surface area contributed by atoms with Crippen molar-refractivity contribution in [2.75, 3.05) is 0 Å². The van der Waals surface area contributed by atoms with Crippen LogP contribution in [0.5, 0.6) is 0 Å². The molecule has 3 aromatic carbocycles. The Bertz CT molecular complexity index is 1420. The van der Waals surface area contributed by atoms with E-state index in [0.717, 1.165) is 39.1 Å². The zero-order valence-corrected chi connectivity index (χ0v) is 18.7. The van der Waals surface area contributed by atoms with Gasteiger partial charge in [-0.15, -0.1) is 0 Å². The van der Waals surface area contributed by atoms with Crippen LogP contribution in [0.4, 0.5) is 0 Å². The lowest BCUT2D eigenvalue weighted by Crippen LogP contribution is -2.22. The third-order valence-electron chi connectivity index (χ3n) is 6.19. The van der Waals surface area contributed by atoms with E-state index in [4.69, 9.17) is 10.1 Å². The van der Waals surface area contributed by atoms with Crippen LogP contribution in [0.1, 0.15) is 22.9 Å². The smallest absolute Gasteiger partial charge is 0.0930 e. The third-order valence-corrected chi connectivity index (χ3v) is 6.72. The van der Waals surface area contributed by atoms with Crippen molar-refractivity contribution < 1.29 is 0 Å². The van der Waals surface area contributed by atoms with Crippen molar-refractivity contribution in [3.8, 4) is 22.5 Å². The first kappa shape index (κ1) is 18.5. The Morgan fingerprint density at radius 2 is 1.65 bits per heavy atom. The highest BCUT2D eigenvalue weighted by atomic mass is 79.9. The first-order valence-corrected chi connectivity index (χ1v) is 11.3. The normalized spacial score (nSPS) is 15.0. The van der Waals surface area contributed by atoms with E-state index < -0.39 is 0 Å². The van der Waals surface area contributed by atoms with Gasteiger partial charge in [-0.2, -0.15) is 5.10 Å². The minimum absolute atomic E-state index is 0.137. The number of fused-ring (bicyclic) bond motifs is 5. The van der Waals surface area contributed by atoms with Crippen molar-refractivity contribution in [3.05, 3.63) is 106 Å². The van der Waals surface area contributed by atoms with Gasteiger partial charge in [-0.1, -0.05) is 76.6 Å². The molecule has 0 amide bonds. The number of rotatable bonds is 2. The summed E-state index contributed by atoms with van der Waals surface area (Å²) in [6, 6.07) is 29.9. The van der Waals surface area contributed by atoms with Crippen LogP contribution in [0.25, 0.3) is 33.4 Å². The van der Waals surface area contributed by atoms with E-state index >= 15 is 0 Å². The minimum Gasteiger partial charge on any atom is -0.256 e. The molecule has 0 fully saturated rings. The molecule has 2 aromatic heterocycles. The van der Waals surface area contributed by atoms with Crippen LogP contribution in [-0.4, -0.2) is 14.8 Å². The molecule has 3 nitrogen and oxygen atoms in total. The molecule has 0 N–H and O–H groups in total. The van der Waals surface area contributed by atoms with Gasteiger partial charge in [0.2, 0.25) is 0 Å². The quantitative estimate of drug-likeness (QED) is 0.281. The highest BCUT2D eigenvalue weighted by Crippen LogP contribution is 2.43. The summed E-state index contributed by atoms with van der Waals surface area (Å²) in [6.07, 6.45) is 0.893. The van der Waals surface area contributed by atoms with Gasteiger partial charge in [0.15, 0.2) is 0 Å². The summed E-state index contributed by atoms with van der Waals surface area (Å²) >= 11 is 3.57. The number of pyridine rings is 1. The van der Waals surface area contributed by atoms with E-state index in [1.54, 1.807) is 0 Å². The molecule has 5 aromatic rings. The zero-order valence-electron chi connectivity index (χ0n) is 17.1. The Morgan fingerprint density at radius 3 is 2.45 bits per heavy atom. The summed E-state index contributed by atoms with van der Waals surface area (Å²) in [5.41, 5.74) is 9.24. The maximum absolute atomic E-state index is 5.10. The maximum atomic E-state index is 5.10. The molecule has 3 heterocycles. The molecular weight excluding hydrogens is 446 g/mol. The average Bonchev–Trinajstić information content (AvgIpc) is 3.25. The summed E-state index contributed by atoms with van der Waals surface area (Å²) in [4.78, 5) is 4.93. The molecule has 1 aliphatic heterocycles. The van der Waals surface area contributed by atoms with E-state index in [2.05, 4.69) is 106 Å². The Kier molecular flexibility index (Phi) is 4.29. The molecule has 150 valence electrons. The summed E-state index contributed by atoms with van der Waals surface area (Å²) in [6.45, 7) is 2.12. The number of aryl methyl sites for hydroxylation is 1. The summed E-state index contributed by atoms with van der Waals surface area (Å²) < 4.78 is 3.29. The van der Waals surface area contributed by atoms with Gasteiger partial charge in [-0.05, 0) is 42.3 Å². The van der Waals surface area contributed by atoms with Gasteiger partial charge >= 0.3 is 0 Å². The van der Waals surface area contributed by atoms with Crippen LogP contribution >= 0.6 is 15.9 Å². The lowest BCUT2D eigenvalue weighted by Gasteiger charge is -2.29. The van der Waals surface area contributed by atoms with Gasteiger partial charge in [0, 0.05) is 33.1 Å². The van der Waals surface area contributed by atoms with Crippen LogP contribution in [0.3, 0.4) is 0 Å². The molecular formula is C27H20BrN3. The number of hydrogen-bond acceptors (Lipinski definition) is 2. The highest BCUT2D eigenvalue weighted by Gasteiger charge is 2.30. The molecule has 0 bridgehead atoms. The topological polar surface area (TPSA) is 30.7 Å². The molecule has 1 aliphatic rings. The molecule has 31 heavy (non-hydrogen) atoms. The number of nitrogens with zero attached hydrogens (tertiary/aromatic N) is 3. The molecule has 0 spiro atoms. The summed E-state index contributed by atoms with van der Waals surface area (Å²) in [7, 11) is 0. The van der Waals surface area contributed by atoms with Gasteiger partial charge in [0.1, 0.15) is 0 Å². The van der Waals surface area contributed by atoms with E-state index in [1.807, 2.05) is 6.07 Å². The Labute approximate surface area is 189 Å². The van der Waals surface area contributed by atoms with E-state index in [9.17, 15) is 0 Å². The predicted molar refractivity (Wildman–Crippen MR) is 129 cm³/mol. The van der Waals surface area contributed by atoms with Crippen LogP contribution in [-0.2, 0) is 6.42 Å². The molecule has 0 aliphatic carbocycles. The van der Waals surface area contributed by atoms with Crippen molar-refractivity contribution in [3.63, 3.8) is 0 Å². The zero-order chi connectivity index (χ0) is 20.9. The molecule has 0 unspecified atom stereocenters. The van der Waals surface area contributed by atoms with Gasteiger partial charge < -0.3 is 0 Å². The van der Waals surface area contributed by atoms with Crippen molar-refractivity contribution in [2.45, 2.75) is 19.4 Å². The lowest BCUT2D eigenvalue weighted by molar-refractivity contribution is 0.516. The fourth-order valence-corrected chi connectivity index (χ4v) is 5.02. The van der Waals surface area contributed by atoms with Crippen molar-refractivity contribution in [1.29, 1.82) is 0 Å². The second-order valence-corrected chi connectivity index (χ2v) is 8.98. The summed E-state index contributed by atoms with van der Waals surface area (Å²) in [5.74, 6) is 0. The second kappa shape index (κ2) is 7.17. The number of halogens is 1. The fraction of sp³-hybridized carbons (Fsp3) is 0.111. The Hall–Kier alpha value is -3.24. The molecule has 0 radical (unpaired) electrons. The number of para-hydroxylation sites is 1. The molecule has 6 rings (SSSR count). The van der Waals surface area contributed by atoms with Gasteiger partial charge in [0.25, 0.3) is 0 Å². The molecule has 1 atom stereocenters. The van der Waals surface area contributed by atoms with E-state index in [0.29, 0.717) is 0 Å². The summed E-state index contributed by atoms with van der Waals surface area (Å²) in [5, 5.41) is 6.33. The van der Waals surface area contributed by atoms with E-state index in [-0.39, 0.29) is 6.04 Å². The monoisotopic (exact) mass is 465 g/mol. The van der Waals surface area contributed by atoms with Crippen LogP contribution in [0.2, 0.25) is 0 Å². The fourth-order valence-electron chi connectivity index (χ4n) is 4.76. The molecule has 4 heteroatoms. The molecule has 0 saturated carbocycles. The SMILES string of the molecule is Cc1nc2ccccc2c2c1-c1cc(-c3ccccc3)nn1[C@H](c1ccc(Br)cc1)C2. The second-order valence-electron chi connectivity index (χ2n) is 8.06. The Balaban J connectivity index is 1.64. The van der Waals surface area contributed by atoms with Crippen molar-refractivity contribution in [1.82, 2.24) is 14.8 Å². The average molecular weight is 466 g/mol. The van der Waals surface area contributed by atoms with Gasteiger partial charge in [0.05, 0.1) is 22.9 Å². The first-order chi connectivity index (χ1) is 15.2. The van der Waals surface area contributed by atoms with E-state index in [1.165, 1.54) is 22.1 Å². The van der Waals surface area contributed by atoms with Crippen LogP contribution in [0, 0.1) is 6.92 Å². The standard InChI is InChI=1S/C27H20BrN3/c1-17-27-22(21-9-5-6-10-23(21)29-17)15-25(19-11-13-20(28)14-12-19)31-26(27)16-24(30-31)18-7-3-2-4-8-18/h2-14,16,25H,15H2,1H3/t25-/m0/s1. The lowest BCUT2D eigenvalue weighted by atomic mass is 9.87. The number of benzene rings is 3. The number of aromatic nitrogens is 3. The van der Waals surface area contributed by atoms with Gasteiger partial charge in [-0.25, -0.2) is 0 Å². The third kappa shape index (κ3) is 3.02. The minimum atomic E-state index is 0.137. The highest BCUT2D eigenvalue weighted by molar-refractivity contribution is 9.10. The predicted octanol–water partition coefficient (Wildman–Crippen LogP) is 6.98. The number of hydrogen-bond donors (Lipinski definition) is 0. The van der Waals surface area contributed by atoms with Crippen LogP contribution < -0.4 is 0 Å². The maximum Gasteiger partial charge on any atom is 0.0930 e.